The number of rotatable bonds is 5. The molecule has 4 rings (SSSR count). The van der Waals surface area contributed by atoms with Crippen LogP contribution in [0.15, 0.2) is 58.4 Å². The van der Waals surface area contributed by atoms with E-state index in [9.17, 15) is 17.6 Å². The molecule has 1 amide bonds. The molecule has 146 valence electrons. The van der Waals surface area contributed by atoms with Gasteiger partial charge in [0, 0.05) is 23.7 Å². The van der Waals surface area contributed by atoms with Crippen LogP contribution in [-0.2, 0) is 21.4 Å². The van der Waals surface area contributed by atoms with Crippen LogP contribution >= 0.6 is 0 Å². The molecule has 2 aromatic carbocycles. The maximum absolute atomic E-state index is 14.0. The number of carbonyl (C=O) groups is 1. The number of hydrogen-bond acceptors (Lipinski definition) is 4. The fourth-order valence-electron chi connectivity index (χ4n) is 3.30. The van der Waals surface area contributed by atoms with Crippen molar-refractivity contribution in [3.05, 3.63) is 65.5 Å². The van der Waals surface area contributed by atoms with E-state index in [0.717, 1.165) is 12.8 Å². The van der Waals surface area contributed by atoms with Crippen molar-refractivity contribution in [2.24, 2.45) is 4.99 Å². The lowest BCUT2D eigenvalue weighted by atomic mass is 10.1. The first-order valence-electron chi connectivity index (χ1n) is 9.11. The summed E-state index contributed by atoms with van der Waals surface area (Å²) < 4.78 is 40.9. The van der Waals surface area contributed by atoms with Gasteiger partial charge in [-0.2, -0.15) is 0 Å². The summed E-state index contributed by atoms with van der Waals surface area (Å²) >= 11 is 0. The molecule has 0 radical (unpaired) electrons. The SMILES string of the molecule is C[C@@H](N=C1NS(=O)(=O)c2ccccc21)C(=O)N(Cc1ccccc1F)C1CC1. The number of halogens is 1. The zero-order chi connectivity index (χ0) is 19.9. The molecule has 1 aliphatic heterocycles. The van der Waals surface area contributed by atoms with Crippen LogP contribution in [0.25, 0.3) is 0 Å². The van der Waals surface area contributed by atoms with Crippen LogP contribution in [0.5, 0.6) is 0 Å². The van der Waals surface area contributed by atoms with E-state index in [0.29, 0.717) is 11.1 Å². The second kappa shape index (κ2) is 7.01. The quantitative estimate of drug-likeness (QED) is 0.836. The first kappa shape index (κ1) is 18.6. The second-order valence-corrected chi connectivity index (χ2v) is 8.69. The Morgan fingerprint density at radius 2 is 1.89 bits per heavy atom. The number of hydrogen-bond donors (Lipinski definition) is 1. The molecular formula is C20H20FN3O3S. The van der Waals surface area contributed by atoms with Crippen molar-refractivity contribution < 1.29 is 17.6 Å². The van der Waals surface area contributed by atoms with Crippen molar-refractivity contribution in [2.45, 2.75) is 43.3 Å². The van der Waals surface area contributed by atoms with E-state index in [4.69, 9.17) is 0 Å². The standard InChI is InChI=1S/C20H20FN3O3S/c1-13(22-19-16-7-3-5-9-18(16)28(26,27)23-19)20(25)24(15-10-11-15)12-14-6-2-4-8-17(14)21/h2-9,13,15H,10-12H2,1H3,(H,22,23)/t13-/m1/s1. The number of carbonyl (C=O) groups excluding carboxylic acids is 1. The molecule has 2 aromatic rings. The summed E-state index contributed by atoms with van der Waals surface area (Å²) in [5.74, 6) is -0.433. The van der Waals surface area contributed by atoms with Gasteiger partial charge >= 0.3 is 0 Å². The van der Waals surface area contributed by atoms with Gasteiger partial charge in [-0.1, -0.05) is 30.3 Å². The molecule has 6 nitrogen and oxygen atoms in total. The largest absolute Gasteiger partial charge is 0.333 e. The van der Waals surface area contributed by atoms with Gasteiger partial charge in [-0.3, -0.25) is 14.5 Å². The van der Waals surface area contributed by atoms with Gasteiger partial charge in [-0.15, -0.1) is 0 Å². The lowest BCUT2D eigenvalue weighted by Crippen LogP contribution is -2.39. The third kappa shape index (κ3) is 3.52. The van der Waals surface area contributed by atoms with Crippen molar-refractivity contribution in [3.63, 3.8) is 0 Å². The van der Waals surface area contributed by atoms with Crippen LogP contribution in [0, 0.1) is 5.82 Å². The number of nitrogens with one attached hydrogen (secondary N) is 1. The number of amides is 1. The summed E-state index contributed by atoms with van der Waals surface area (Å²) in [6.45, 7) is 1.80. The van der Waals surface area contributed by atoms with Crippen LogP contribution in [0.1, 0.15) is 30.9 Å². The van der Waals surface area contributed by atoms with Crippen LogP contribution in [-0.4, -0.2) is 37.1 Å². The first-order valence-corrected chi connectivity index (χ1v) is 10.6. The van der Waals surface area contributed by atoms with Crippen molar-refractivity contribution in [1.29, 1.82) is 0 Å². The Bertz CT molecular complexity index is 1060. The third-order valence-electron chi connectivity index (χ3n) is 4.91. The highest BCUT2D eigenvalue weighted by molar-refractivity contribution is 7.90. The molecule has 0 saturated heterocycles. The topological polar surface area (TPSA) is 78.8 Å². The maximum atomic E-state index is 14.0. The highest BCUT2D eigenvalue weighted by Gasteiger charge is 2.36. The Kier molecular flexibility index (Phi) is 4.66. The molecular weight excluding hydrogens is 381 g/mol. The average molecular weight is 401 g/mol. The second-order valence-electron chi connectivity index (χ2n) is 7.04. The number of fused-ring (bicyclic) bond motifs is 1. The van der Waals surface area contributed by atoms with Gasteiger partial charge in [-0.05, 0) is 38.0 Å². The molecule has 8 heteroatoms. The minimum atomic E-state index is -3.66. The summed E-state index contributed by atoms with van der Waals surface area (Å²) in [6.07, 6.45) is 1.75. The number of sulfonamides is 1. The predicted octanol–water partition coefficient (Wildman–Crippen LogP) is 2.44. The maximum Gasteiger partial charge on any atom is 0.263 e. The third-order valence-corrected chi connectivity index (χ3v) is 6.31. The summed E-state index contributed by atoms with van der Waals surface area (Å²) in [5.41, 5.74) is 0.906. The Hall–Kier alpha value is -2.74. The molecule has 0 spiro atoms. The van der Waals surface area contributed by atoms with Crippen molar-refractivity contribution in [2.75, 3.05) is 0 Å². The van der Waals surface area contributed by atoms with Crippen LogP contribution in [0.3, 0.4) is 0 Å². The molecule has 0 aromatic heterocycles. The van der Waals surface area contributed by atoms with Gasteiger partial charge in [-0.25, -0.2) is 12.8 Å². The minimum absolute atomic E-state index is 0.0716. The normalized spacial score (nSPS) is 19.7. The molecule has 1 N–H and O–H groups in total. The lowest BCUT2D eigenvalue weighted by molar-refractivity contribution is -0.133. The lowest BCUT2D eigenvalue weighted by Gasteiger charge is -2.25. The number of aliphatic imine (C=N–C) groups is 1. The summed E-state index contributed by atoms with van der Waals surface area (Å²) in [7, 11) is -3.66. The van der Waals surface area contributed by atoms with Crippen molar-refractivity contribution >= 4 is 21.8 Å². The molecule has 1 atom stereocenters. The van der Waals surface area contributed by atoms with E-state index in [2.05, 4.69) is 9.71 Å². The zero-order valence-electron chi connectivity index (χ0n) is 15.3. The Balaban J connectivity index is 1.59. The van der Waals surface area contributed by atoms with E-state index in [1.54, 1.807) is 48.2 Å². The van der Waals surface area contributed by atoms with E-state index in [-0.39, 0.29) is 35.0 Å². The van der Waals surface area contributed by atoms with Crippen LogP contribution in [0.4, 0.5) is 4.39 Å². The molecule has 1 aliphatic carbocycles. The number of benzene rings is 2. The van der Waals surface area contributed by atoms with E-state index < -0.39 is 16.1 Å². The number of amidine groups is 1. The Morgan fingerprint density at radius 3 is 2.61 bits per heavy atom. The molecule has 0 bridgehead atoms. The Morgan fingerprint density at radius 1 is 1.21 bits per heavy atom. The molecule has 1 saturated carbocycles. The van der Waals surface area contributed by atoms with Gasteiger partial charge < -0.3 is 4.90 Å². The van der Waals surface area contributed by atoms with Gasteiger partial charge in [0.25, 0.3) is 10.0 Å². The molecule has 28 heavy (non-hydrogen) atoms. The fraction of sp³-hybridized carbons (Fsp3) is 0.300. The van der Waals surface area contributed by atoms with Crippen molar-refractivity contribution in [3.8, 4) is 0 Å². The monoisotopic (exact) mass is 401 g/mol. The van der Waals surface area contributed by atoms with E-state index in [1.165, 1.54) is 12.1 Å². The molecule has 2 aliphatic rings. The summed E-state index contributed by atoms with van der Waals surface area (Å²) in [4.78, 5) is 19.2. The van der Waals surface area contributed by atoms with Gasteiger partial charge in [0.1, 0.15) is 17.7 Å². The van der Waals surface area contributed by atoms with Crippen LogP contribution < -0.4 is 4.72 Å². The highest BCUT2D eigenvalue weighted by atomic mass is 32.2. The van der Waals surface area contributed by atoms with Gasteiger partial charge in [0.05, 0.1) is 4.90 Å². The summed E-state index contributed by atoms with van der Waals surface area (Å²) in [5, 5.41) is 0. The molecule has 0 unspecified atom stereocenters. The van der Waals surface area contributed by atoms with Crippen molar-refractivity contribution in [1.82, 2.24) is 9.62 Å². The molecule has 1 fully saturated rings. The zero-order valence-corrected chi connectivity index (χ0v) is 16.1. The van der Waals surface area contributed by atoms with Gasteiger partial charge in [0.15, 0.2) is 0 Å². The Labute approximate surface area is 163 Å². The van der Waals surface area contributed by atoms with E-state index >= 15 is 0 Å². The van der Waals surface area contributed by atoms with Gasteiger partial charge in [0.2, 0.25) is 5.91 Å². The fourth-order valence-corrected chi connectivity index (χ4v) is 4.54. The first-order chi connectivity index (χ1) is 13.4. The summed E-state index contributed by atoms with van der Waals surface area (Å²) in [6, 6.07) is 12.2. The predicted molar refractivity (Wildman–Crippen MR) is 103 cm³/mol. The molecule has 1 heterocycles. The van der Waals surface area contributed by atoms with Crippen LogP contribution in [0.2, 0.25) is 0 Å². The van der Waals surface area contributed by atoms with E-state index in [1.807, 2.05) is 0 Å². The average Bonchev–Trinajstić information content (AvgIpc) is 3.47. The minimum Gasteiger partial charge on any atom is -0.333 e. The smallest absolute Gasteiger partial charge is 0.263 e. The number of nitrogens with zero attached hydrogens (tertiary/aromatic N) is 2. The highest BCUT2D eigenvalue weighted by Crippen LogP contribution is 2.30.